The zero-order valence-electron chi connectivity index (χ0n) is 14.8. The van der Waals surface area contributed by atoms with Gasteiger partial charge in [0.25, 0.3) is 0 Å². The summed E-state index contributed by atoms with van der Waals surface area (Å²) in [6, 6.07) is 2.04. The molecule has 1 aliphatic carbocycles. The molecule has 0 radical (unpaired) electrons. The van der Waals surface area contributed by atoms with Gasteiger partial charge in [-0.3, -0.25) is 4.90 Å². The fourth-order valence-electron chi connectivity index (χ4n) is 4.54. The molecule has 3 aliphatic rings. The van der Waals surface area contributed by atoms with Crippen LogP contribution in [-0.4, -0.2) is 49.1 Å². The molecule has 0 spiro atoms. The molecule has 24 heavy (non-hydrogen) atoms. The first-order valence-electron chi connectivity index (χ1n) is 9.57. The van der Waals surface area contributed by atoms with Gasteiger partial charge in [-0.1, -0.05) is 11.6 Å². The first-order valence-corrected chi connectivity index (χ1v) is 9.57. The van der Waals surface area contributed by atoms with Crippen LogP contribution >= 0.6 is 0 Å². The molecule has 1 saturated carbocycles. The quantitative estimate of drug-likeness (QED) is 0.800. The Balaban J connectivity index is 1.38. The lowest BCUT2D eigenvalue weighted by atomic mass is 9.73. The lowest BCUT2D eigenvalue weighted by Gasteiger charge is -2.50. The highest BCUT2D eigenvalue weighted by molar-refractivity contribution is 5.05. The number of ether oxygens (including phenoxy) is 2. The van der Waals surface area contributed by atoms with Gasteiger partial charge in [0, 0.05) is 44.3 Å². The highest BCUT2D eigenvalue weighted by Crippen LogP contribution is 2.41. The van der Waals surface area contributed by atoms with Gasteiger partial charge in [0.05, 0.1) is 18.4 Å². The van der Waals surface area contributed by atoms with Crippen LogP contribution in [0.2, 0.25) is 0 Å². The first-order chi connectivity index (χ1) is 11.7. The van der Waals surface area contributed by atoms with E-state index in [-0.39, 0.29) is 5.41 Å². The Kier molecular flexibility index (Phi) is 4.93. The molecule has 134 valence electrons. The summed E-state index contributed by atoms with van der Waals surface area (Å²) in [6.07, 6.45) is 7.92. The van der Waals surface area contributed by atoms with Crippen molar-refractivity contribution in [1.29, 1.82) is 0 Å². The molecular formula is C19H30N2O3. The molecule has 5 nitrogen and oxygen atoms in total. The third-order valence-corrected chi connectivity index (χ3v) is 6.10. The number of likely N-dealkylation sites (tertiary alicyclic amines) is 1. The number of nitrogens with zero attached hydrogens (tertiary/aromatic N) is 2. The van der Waals surface area contributed by atoms with E-state index in [2.05, 4.69) is 10.1 Å². The Morgan fingerprint density at radius 1 is 1.33 bits per heavy atom. The molecule has 0 N–H and O–H groups in total. The van der Waals surface area contributed by atoms with Crippen LogP contribution in [0.15, 0.2) is 10.6 Å². The summed E-state index contributed by atoms with van der Waals surface area (Å²) in [7, 11) is 0. The van der Waals surface area contributed by atoms with Crippen LogP contribution in [-0.2, 0) is 16.0 Å². The Morgan fingerprint density at radius 3 is 3.00 bits per heavy atom. The van der Waals surface area contributed by atoms with E-state index in [1.54, 1.807) is 0 Å². The molecule has 3 fully saturated rings. The summed E-state index contributed by atoms with van der Waals surface area (Å²) in [5.74, 6) is 1.70. The van der Waals surface area contributed by atoms with E-state index < -0.39 is 0 Å². The minimum atomic E-state index is 0.166. The van der Waals surface area contributed by atoms with E-state index in [0.717, 1.165) is 69.7 Å². The Morgan fingerprint density at radius 2 is 2.25 bits per heavy atom. The van der Waals surface area contributed by atoms with E-state index in [1.807, 2.05) is 13.0 Å². The molecule has 0 unspecified atom stereocenters. The fourth-order valence-corrected chi connectivity index (χ4v) is 4.54. The molecule has 5 heteroatoms. The van der Waals surface area contributed by atoms with Crippen LogP contribution in [0.25, 0.3) is 0 Å². The lowest BCUT2D eigenvalue weighted by Crippen LogP contribution is -2.56. The Hall–Kier alpha value is -0.910. The van der Waals surface area contributed by atoms with Crippen LogP contribution < -0.4 is 0 Å². The Bertz CT molecular complexity index is 542. The van der Waals surface area contributed by atoms with E-state index in [9.17, 15) is 0 Å². The van der Waals surface area contributed by atoms with Gasteiger partial charge >= 0.3 is 0 Å². The van der Waals surface area contributed by atoms with Gasteiger partial charge in [0.15, 0.2) is 0 Å². The van der Waals surface area contributed by atoms with Crippen molar-refractivity contribution in [3.8, 4) is 0 Å². The van der Waals surface area contributed by atoms with Crippen LogP contribution in [0.1, 0.15) is 50.0 Å². The largest absolute Gasteiger partial charge is 0.380 e. The summed E-state index contributed by atoms with van der Waals surface area (Å²) < 4.78 is 17.6. The van der Waals surface area contributed by atoms with Crippen LogP contribution in [0.5, 0.6) is 0 Å². The number of piperidine rings is 1. The molecule has 4 rings (SSSR count). The highest BCUT2D eigenvalue weighted by Gasteiger charge is 2.46. The predicted octanol–water partition coefficient (Wildman–Crippen LogP) is 3.17. The van der Waals surface area contributed by atoms with Gasteiger partial charge in [0.2, 0.25) is 0 Å². The second-order valence-corrected chi connectivity index (χ2v) is 8.07. The third-order valence-electron chi connectivity index (χ3n) is 6.10. The molecule has 1 aromatic heterocycles. The van der Waals surface area contributed by atoms with E-state index >= 15 is 0 Å². The first kappa shape index (κ1) is 16.6. The molecule has 2 atom stereocenters. The van der Waals surface area contributed by atoms with Gasteiger partial charge in [-0.25, -0.2) is 0 Å². The van der Waals surface area contributed by atoms with Crippen LogP contribution in [0, 0.1) is 18.3 Å². The van der Waals surface area contributed by atoms with Crippen molar-refractivity contribution in [3.05, 3.63) is 17.5 Å². The number of hydrogen-bond acceptors (Lipinski definition) is 5. The maximum Gasteiger partial charge on any atom is 0.133 e. The van der Waals surface area contributed by atoms with Crippen molar-refractivity contribution >= 4 is 0 Å². The molecule has 0 amide bonds. The summed E-state index contributed by atoms with van der Waals surface area (Å²) >= 11 is 0. The maximum absolute atomic E-state index is 6.20. The molecular weight excluding hydrogens is 304 g/mol. The second-order valence-electron chi connectivity index (χ2n) is 8.07. The fraction of sp³-hybridized carbons (Fsp3) is 0.842. The van der Waals surface area contributed by atoms with Crippen molar-refractivity contribution in [3.63, 3.8) is 0 Å². The summed E-state index contributed by atoms with van der Waals surface area (Å²) in [4.78, 5) is 2.51. The average Bonchev–Trinajstić information content (AvgIpc) is 2.94. The minimum Gasteiger partial charge on any atom is -0.380 e. The zero-order valence-corrected chi connectivity index (χ0v) is 14.8. The Labute approximate surface area is 144 Å². The van der Waals surface area contributed by atoms with Gasteiger partial charge in [-0.05, 0) is 44.9 Å². The smallest absolute Gasteiger partial charge is 0.133 e. The number of fused-ring (bicyclic) bond motifs is 1. The van der Waals surface area contributed by atoms with Gasteiger partial charge in [-0.2, -0.15) is 0 Å². The predicted molar refractivity (Wildman–Crippen MR) is 90.7 cm³/mol. The number of aromatic nitrogens is 1. The number of rotatable bonds is 6. The van der Waals surface area contributed by atoms with Gasteiger partial charge in [-0.15, -0.1) is 0 Å². The number of aryl methyl sites for hydroxylation is 1. The van der Waals surface area contributed by atoms with Crippen LogP contribution in [0.4, 0.5) is 0 Å². The SMILES string of the molecule is Cc1cc(CN2CC[C@H]3OCCC[C@]3(COCC3CCC3)C2)no1. The van der Waals surface area contributed by atoms with Crippen molar-refractivity contribution in [1.82, 2.24) is 10.1 Å². The normalized spacial score (nSPS) is 31.6. The number of hydrogen-bond donors (Lipinski definition) is 0. The van der Waals surface area contributed by atoms with Crippen molar-refractivity contribution in [2.75, 3.05) is 32.9 Å². The topological polar surface area (TPSA) is 47.7 Å². The van der Waals surface area contributed by atoms with E-state index in [0.29, 0.717) is 6.10 Å². The molecule has 2 aliphatic heterocycles. The van der Waals surface area contributed by atoms with Crippen molar-refractivity contribution in [2.45, 2.75) is 58.1 Å². The molecule has 1 aromatic rings. The van der Waals surface area contributed by atoms with E-state index in [4.69, 9.17) is 14.0 Å². The van der Waals surface area contributed by atoms with E-state index in [1.165, 1.54) is 25.7 Å². The summed E-state index contributed by atoms with van der Waals surface area (Å²) in [5.41, 5.74) is 1.20. The standard InChI is InChI=1S/C19H30N2O3/c1-15-10-17(20-24-15)11-21-8-6-18-19(13-21,7-3-9-23-18)14-22-12-16-4-2-5-16/h10,16,18H,2-9,11-14H2,1H3/t18-,19-/m1/s1. The second kappa shape index (κ2) is 7.14. The lowest BCUT2D eigenvalue weighted by molar-refractivity contribution is -0.157. The average molecular weight is 334 g/mol. The maximum atomic E-state index is 6.20. The van der Waals surface area contributed by atoms with Crippen molar-refractivity contribution in [2.24, 2.45) is 11.3 Å². The highest BCUT2D eigenvalue weighted by atomic mass is 16.5. The molecule has 3 heterocycles. The zero-order chi connectivity index (χ0) is 16.4. The molecule has 2 saturated heterocycles. The summed E-state index contributed by atoms with van der Waals surface area (Å²) in [5, 5.41) is 4.16. The molecule has 0 bridgehead atoms. The van der Waals surface area contributed by atoms with Gasteiger partial charge < -0.3 is 14.0 Å². The third kappa shape index (κ3) is 3.53. The van der Waals surface area contributed by atoms with Gasteiger partial charge in [0.1, 0.15) is 5.76 Å². The minimum absolute atomic E-state index is 0.166. The monoisotopic (exact) mass is 334 g/mol. The van der Waals surface area contributed by atoms with Crippen LogP contribution in [0.3, 0.4) is 0 Å². The summed E-state index contributed by atoms with van der Waals surface area (Å²) in [6.45, 7) is 7.65. The van der Waals surface area contributed by atoms with Crippen molar-refractivity contribution < 1.29 is 14.0 Å². The molecule has 0 aromatic carbocycles.